The van der Waals surface area contributed by atoms with Gasteiger partial charge in [-0.2, -0.15) is 5.10 Å². The summed E-state index contributed by atoms with van der Waals surface area (Å²) in [5, 5.41) is 10.8. The number of H-pyrrole nitrogens is 1. The molecule has 1 aromatic carbocycles. The van der Waals surface area contributed by atoms with Gasteiger partial charge in [0.15, 0.2) is 5.82 Å². The molecule has 0 saturated heterocycles. The van der Waals surface area contributed by atoms with E-state index in [-0.39, 0.29) is 6.04 Å². The van der Waals surface area contributed by atoms with E-state index < -0.39 is 0 Å². The molecule has 1 atom stereocenters. The number of para-hydroxylation sites is 1. The van der Waals surface area contributed by atoms with E-state index in [1.54, 1.807) is 0 Å². The smallest absolute Gasteiger partial charge is 0.153 e. The molecule has 4 nitrogen and oxygen atoms in total. The molecule has 0 aliphatic carbocycles. The second-order valence-electron chi connectivity index (χ2n) is 4.79. The number of benzene rings is 1. The lowest BCUT2D eigenvalue weighted by molar-refractivity contribution is 0.749. The van der Waals surface area contributed by atoms with Gasteiger partial charge < -0.3 is 5.32 Å². The topological polar surface area (TPSA) is 53.6 Å². The fraction of sp³-hybridized carbons (Fsp3) is 0.385. The van der Waals surface area contributed by atoms with Crippen LogP contribution in [0.4, 0.5) is 5.69 Å². The SMILES string of the molecule is CC(C)c1n[nH]c(C2Cc3ccccc3N2)n1. The molecule has 17 heavy (non-hydrogen) atoms. The van der Waals surface area contributed by atoms with Crippen molar-refractivity contribution in [2.45, 2.75) is 32.2 Å². The van der Waals surface area contributed by atoms with Gasteiger partial charge in [-0.3, -0.25) is 5.10 Å². The number of aromatic nitrogens is 3. The molecule has 3 rings (SSSR count). The lowest BCUT2D eigenvalue weighted by Gasteiger charge is -2.06. The average molecular weight is 228 g/mol. The molecule has 2 heterocycles. The zero-order chi connectivity index (χ0) is 11.8. The Bertz CT molecular complexity index is 505. The molecule has 1 aliphatic heterocycles. The molecule has 0 amide bonds. The zero-order valence-electron chi connectivity index (χ0n) is 10.1. The Labute approximate surface area is 100 Å². The van der Waals surface area contributed by atoms with Crippen LogP contribution in [0, 0.1) is 0 Å². The number of hydrogen-bond acceptors (Lipinski definition) is 3. The van der Waals surface area contributed by atoms with E-state index in [1.165, 1.54) is 11.3 Å². The molecule has 0 fully saturated rings. The third kappa shape index (κ3) is 1.79. The van der Waals surface area contributed by atoms with Crippen molar-refractivity contribution in [2.24, 2.45) is 0 Å². The normalized spacial score (nSPS) is 18.2. The molecule has 1 unspecified atom stereocenters. The largest absolute Gasteiger partial charge is 0.375 e. The first kappa shape index (κ1) is 10.3. The van der Waals surface area contributed by atoms with E-state index >= 15 is 0 Å². The van der Waals surface area contributed by atoms with Gasteiger partial charge in [-0.05, 0) is 11.6 Å². The highest BCUT2D eigenvalue weighted by Crippen LogP contribution is 2.32. The van der Waals surface area contributed by atoms with Gasteiger partial charge in [-0.15, -0.1) is 0 Å². The van der Waals surface area contributed by atoms with E-state index in [9.17, 15) is 0 Å². The van der Waals surface area contributed by atoms with Crippen molar-refractivity contribution in [2.75, 3.05) is 5.32 Å². The maximum atomic E-state index is 4.55. The van der Waals surface area contributed by atoms with Crippen molar-refractivity contribution < 1.29 is 0 Å². The number of rotatable bonds is 2. The molecule has 88 valence electrons. The van der Waals surface area contributed by atoms with Crippen molar-refractivity contribution in [3.63, 3.8) is 0 Å². The first-order valence-electron chi connectivity index (χ1n) is 6.00. The average Bonchev–Trinajstić information content (AvgIpc) is 2.95. The Kier molecular flexibility index (Phi) is 2.35. The summed E-state index contributed by atoms with van der Waals surface area (Å²) in [4.78, 5) is 4.55. The van der Waals surface area contributed by atoms with E-state index in [2.05, 4.69) is 52.5 Å². The Balaban J connectivity index is 1.84. The number of hydrogen-bond donors (Lipinski definition) is 2. The predicted molar refractivity (Wildman–Crippen MR) is 67.0 cm³/mol. The maximum Gasteiger partial charge on any atom is 0.153 e. The second-order valence-corrected chi connectivity index (χ2v) is 4.79. The van der Waals surface area contributed by atoms with Gasteiger partial charge in [0.25, 0.3) is 0 Å². The van der Waals surface area contributed by atoms with Crippen LogP contribution in [0.15, 0.2) is 24.3 Å². The number of anilines is 1. The lowest BCUT2D eigenvalue weighted by atomic mass is 10.1. The van der Waals surface area contributed by atoms with Gasteiger partial charge in [0.1, 0.15) is 5.82 Å². The third-order valence-electron chi connectivity index (χ3n) is 3.14. The van der Waals surface area contributed by atoms with Crippen LogP contribution in [0.1, 0.15) is 43.0 Å². The molecule has 2 N–H and O–H groups in total. The fourth-order valence-corrected chi connectivity index (χ4v) is 2.16. The summed E-state index contributed by atoms with van der Waals surface area (Å²) >= 11 is 0. The van der Waals surface area contributed by atoms with Gasteiger partial charge in [-0.1, -0.05) is 32.0 Å². The molecule has 0 spiro atoms. The minimum atomic E-state index is 0.229. The quantitative estimate of drug-likeness (QED) is 0.830. The van der Waals surface area contributed by atoms with Crippen LogP contribution in [0.5, 0.6) is 0 Å². The first-order chi connectivity index (χ1) is 8.24. The van der Waals surface area contributed by atoms with E-state index in [1.807, 2.05) is 6.07 Å². The number of nitrogens with one attached hydrogen (secondary N) is 2. The van der Waals surface area contributed by atoms with E-state index in [0.29, 0.717) is 5.92 Å². The highest BCUT2D eigenvalue weighted by molar-refractivity contribution is 5.57. The van der Waals surface area contributed by atoms with Gasteiger partial charge in [0, 0.05) is 18.0 Å². The molecular formula is C13H16N4. The standard InChI is InChI=1S/C13H16N4/c1-8(2)12-15-13(17-16-12)11-7-9-5-3-4-6-10(9)14-11/h3-6,8,11,14H,7H2,1-2H3,(H,15,16,17). The highest BCUT2D eigenvalue weighted by Gasteiger charge is 2.24. The number of fused-ring (bicyclic) bond motifs is 1. The minimum absolute atomic E-state index is 0.229. The second kappa shape index (κ2) is 3.87. The summed E-state index contributed by atoms with van der Waals surface area (Å²) in [5.74, 6) is 2.19. The van der Waals surface area contributed by atoms with Crippen molar-refractivity contribution in [3.8, 4) is 0 Å². The maximum absolute atomic E-state index is 4.55. The van der Waals surface area contributed by atoms with Crippen LogP contribution in [0.2, 0.25) is 0 Å². The molecule has 1 aromatic heterocycles. The van der Waals surface area contributed by atoms with Gasteiger partial charge >= 0.3 is 0 Å². The summed E-state index contributed by atoms with van der Waals surface area (Å²) in [6.45, 7) is 4.20. The molecule has 4 heteroatoms. The van der Waals surface area contributed by atoms with Gasteiger partial charge in [0.2, 0.25) is 0 Å². The summed E-state index contributed by atoms with van der Waals surface area (Å²) in [6, 6.07) is 8.61. The minimum Gasteiger partial charge on any atom is -0.375 e. The Morgan fingerprint density at radius 1 is 1.29 bits per heavy atom. The summed E-state index contributed by atoms with van der Waals surface area (Å²) in [5.41, 5.74) is 2.56. The van der Waals surface area contributed by atoms with Crippen LogP contribution in [0.3, 0.4) is 0 Å². The summed E-state index contributed by atoms with van der Waals surface area (Å²) in [7, 11) is 0. The van der Waals surface area contributed by atoms with E-state index in [4.69, 9.17) is 0 Å². The van der Waals surface area contributed by atoms with Crippen LogP contribution in [-0.4, -0.2) is 15.2 Å². The predicted octanol–water partition coefficient (Wildman–Crippen LogP) is 2.64. The zero-order valence-corrected chi connectivity index (χ0v) is 10.1. The number of nitrogens with zero attached hydrogens (tertiary/aromatic N) is 2. The van der Waals surface area contributed by atoms with Gasteiger partial charge in [-0.25, -0.2) is 4.98 Å². The highest BCUT2D eigenvalue weighted by atomic mass is 15.2. The molecule has 0 bridgehead atoms. The molecule has 0 saturated carbocycles. The van der Waals surface area contributed by atoms with Crippen LogP contribution < -0.4 is 5.32 Å². The molecule has 0 radical (unpaired) electrons. The Morgan fingerprint density at radius 2 is 2.12 bits per heavy atom. The van der Waals surface area contributed by atoms with Gasteiger partial charge in [0.05, 0.1) is 6.04 Å². The first-order valence-corrected chi connectivity index (χ1v) is 6.00. The number of aromatic amines is 1. The van der Waals surface area contributed by atoms with Crippen molar-refractivity contribution in [1.29, 1.82) is 0 Å². The Hall–Kier alpha value is -1.84. The van der Waals surface area contributed by atoms with Crippen molar-refractivity contribution in [1.82, 2.24) is 15.2 Å². The summed E-state index contributed by atoms with van der Waals surface area (Å²) in [6.07, 6.45) is 0.975. The third-order valence-corrected chi connectivity index (χ3v) is 3.14. The molecule has 1 aliphatic rings. The molecule has 2 aromatic rings. The molecular weight excluding hydrogens is 212 g/mol. The van der Waals surface area contributed by atoms with E-state index in [0.717, 1.165) is 18.1 Å². The van der Waals surface area contributed by atoms with Crippen molar-refractivity contribution in [3.05, 3.63) is 41.5 Å². The fourth-order valence-electron chi connectivity index (χ4n) is 2.16. The monoisotopic (exact) mass is 228 g/mol. The van der Waals surface area contributed by atoms with Crippen LogP contribution in [0.25, 0.3) is 0 Å². The Morgan fingerprint density at radius 3 is 2.82 bits per heavy atom. The summed E-state index contributed by atoms with van der Waals surface area (Å²) < 4.78 is 0. The lowest BCUT2D eigenvalue weighted by Crippen LogP contribution is -2.07. The van der Waals surface area contributed by atoms with Crippen molar-refractivity contribution >= 4 is 5.69 Å². The van der Waals surface area contributed by atoms with Crippen LogP contribution in [-0.2, 0) is 6.42 Å². The van der Waals surface area contributed by atoms with Crippen LogP contribution >= 0.6 is 0 Å².